The summed E-state index contributed by atoms with van der Waals surface area (Å²) in [5.74, 6) is -2.05. The average Bonchev–Trinajstić information content (AvgIpc) is 3.41. The molecule has 4 amide bonds. The molecule has 4 N–H and O–H groups in total. The molecule has 2 heterocycles. The summed E-state index contributed by atoms with van der Waals surface area (Å²) >= 11 is 1.34. The molecule has 2 aromatic rings. The third-order valence-electron chi connectivity index (χ3n) is 5.52. The zero-order valence-corrected chi connectivity index (χ0v) is 19.4. The summed E-state index contributed by atoms with van der Waals surface area (Å²) in [5, 5.41) is 11.4. The number of carbonyl (C=O) groups is 5. The van der Waals surface area contributed by atoms with E-state index in [1.165, 1.54) is 11.3 Å². The fourth-order valence-corrected chi connectivity index (χ4v) is 4.67. The van der Waals surface area contributed by atoms with E-state index in [0.717, 1.165) is 10.1 Å². The van der Waals surface area contributed by atoms with E-state index >= 15 is 0 Å². The maximum Gasteiger partial charge on any atom is 0.262 e. The number of nitrogens with one attached hydrogen (secondary N) is 4. The van der Waals surface area contributed by atoms with Gasteiger partial charge in [-0.3, -0.25) is 19.2 Å². The summed E-state index contributed by atoms with van der Waals surface area (Å²) < 4.78 is 0.977. The van der Waals surface area contributed by atoms with Crippen LogP contribution in [0.2, 0.25) is 0 Å². The molecule has 0 aliphatic carbocycles. The molecule has 0 unspecified atom stereocenters. The molecular weight excluding hydrogens is 444 g/mol. The third kappa shape index (κ3) is 6.38. The maximum atomic E-state index is 12.7. The van der Waals surface area contributed by atoms with Gasteiger partial charge in [-0.25, -0.2) is 0 Å². The number of fused-ring (bicyclic) bond motifs is 1. The first-order chi connectivity index (χ1) is 15.8. The summed E-state index contributed by atoms with van der Waals surface area (Å²) in [7, 11) is 0. The van der Waals surface area contributed by atoms with Gasteiger partial charge in [-0.05, 0) is 36.3 Å². The highest BCUT2D eigenvalue weighted by Gasteiger charge is 2.29. The van der Waals surface area contributed by atoms with Crippen LogP contribution in [0.15, 0.2) is 30.3 Å². The lowest BCUT2D eigenvalue weighted by atomic mass is 9.99. The number of hydrogen-bond donors (Lipinski definition) is 4. The Kier molecular flexibility index (Phi) is 8.16. The Balaban J connectivity index is 1.52. The van der Waals surface area contributed by atoms with Crippen molar-refractivity contribution in [2.45, 2.75) is 38.8 Å². The van der Waals surface area contributed by atoms with E-state index in [-0.39, 0.29) is 36.6 Å². The molecule has 0 radical (unpaired) electrons. The molecule has 0 bridgehead atoms. The van der Waals surface area contributed by atoms with Crippen molar-refractivity contribution in [3.8, 4) is 0 Å². The minimum Gasteiger partial charge on any atom is -0.356 e. The third-order valence-corrected chi connectivity index (χ3v) is 6.64. The van der Waals surface area contributed by atoms with Gasteiger partial charge in [-0.2, -0.15) is 0 Å². The highest BCUT2D eigenvalue weighted by molar-refractivity contribution is 7.20. The van der Waals surface area contributed by atoms with Crippen LogP contribution in [-0.4, -0.2) is 55.1 Å². The topological polar surface area (TPSA) is 133 Å². The van der Waals surface area contributed by atoms with Gasteiger partial charge in [0.05, 0.1) is 17.5 Å². The van der Waals surface area contributed by atoms with Crippen LogP contribution in [0.1, 0.15) is 36.4 Å². The fraction of sp³-hybridized carbons (Fsp3) is 0.435. The van der Waals surface area contributed by atoms with E-state index in [0.29, 0.717) is 24.1 Å². The minimum absolute atomic E-state index is 0.126. The molecule has 3 atom stereocenters. The molecule has 3 rings (SSSR count). The monoisotopic (exact) mass is 472 g/mol. The van der Waals surface area contributed by atoms with E-state index < -0.39 is 23.9 Å². The highest BCUT2D eigenvalue weighted by Crippen LogP contribution is 2.25. The lowest BCUT2D eigenvalue weighted by Gasteiger charge is -2.21. The molecule has 10 heteroatoms. The zero-order chi connectivity index (χ0) is 24.0. The molecule has 0 spiro atoms. The molecule has 176 valence electrons. The van der Waals surface area contributed by atoms with Gasteiger partial charge in [0.1, 0.15) is 12.3 Å². The Bertz CT molecular complexity index is 1020. The Morgan fingerprint density at radius 2 is 1.97 bits per heavy atom. The van der Waals surface area contributed by atoms with Gasteiger partial charge in [0, 0.05) is 17.2 Å². The molecule has 1 aromatic heterocycles. The predicted octanol–water partition coefficient (Wildman–Crippen LogP) is 0.982. The molecule has 0 saturated carbocycles. The maximum absolute atomic E-state index is 12.7. The molecule has 1 fully saturated rings. The van der Waals surface area contributed by atoms with Crippen molar-refractivity contribution in [2.24, 2.45) is 11.8 Å². The van der Waals surface area contributed by atoms with Crippen LogP contribution in [0.25, 0.3) is 10.1 Å². The SMILES string of the molecule is CC(C)[C@H](NC(=O)c1cc2ccccc2s1)C(=O)NCC(=O)N[C@H](C=O)C[C@@H]1CCNC1=O. The molecule has 1 aromatic carbocycles. The first-order valence-electron chi connectivity index (χ1n) is 10.9. The van der Waals surface area contributed by atoms with Crippen LogP contribution in [0.5, 0.6) is 0 Å². The van der Waals surface area contributed by atoms with Crippen molar-refractivity contribution in [1.82, 2.24) is 21.3 Å². The van der Waals surface area contributed by atoms with Gasteiger partial charge in [0.25, 0.3) is 5.91 Å². The van der Waals surface area contributed by atoms with Crippen LogP contribution >= 0.6 is 11.3 Å². The van der Waals surface area contributed by atoms with E-state index in [4.69, 9.17) is 0 Å². The smallest absolute Gasteiger partial charge is 0.262 e. The lowest BCUT2D eigenvalue weighted by Crippen LogP contribution is -2.52. The van der Waals surface area contributed by atoms with Gasteiger partial charge in [0.2, 0.25) is 17.7 Å². The highest BCUT2D eigenvalue weighted by atomic mass is 32.1. The van der Waals surface area contributed by atoms with E-state index in [1.807, 2.05) is 24.3 Å². The Morgan fingerprint density at radius 3 is 2.61 bits per heavy atom. The Morgan fingerprint density at radius 1 is 1.21 bits per heavy atom. The predicted molar refractivity (Wildman–Crippen MR) is 125 cm³/mol. The van der Waals surface area contributed by atoms with Crippen molar-refractivity contribution in [3.05, 3.63) is 35.2 Å². The van der Waals surface area contributed by atoms with Gasteiger partial charge >= 0.3 is 0 Å². The van der Waals surface area contributed by atoms with Crippen LogP contribution in [0.3, 0.4) is 0 Å². The second-order valence-corrected chi connectivity index (χ2v) is 9.47. The van der Waals surface area contributed by atoms with Crippen LogP contribution in [0, 0.1) is 11.8 Å². The van der Waals surface area contributed by atoms with Crippen LogP contribution in [0.4, 0.5) is 0 Å². The number of hydrogen-bond acceptors (Lipinski definition) is 6. The quantitative estimate of drug-likeness (QED) is 0.383. The van der Waals surface area contributed by atoms with Gasteiger partial charge in [-0.1, -0.05) is 32.0 Å². The largest absolute Gasteiger partial charge is 0.356 e. The van der Waals surface area contributed by atoms with E-state index in [2.05, 4.69) is 21.3 Å². The number of amides is 4. The fourth-order valence-electron chi connectivity index (χ4n) is 3.70. The first kappa shape index (κ1) is 24.4. The average molecular weight is 473 g/mol. The number of aldehydes is 1. The van der Waals surface area contributed by atoms with Gasteiger partial charge in [0.15, 0.2) is 0 Å². The summed E-state index contributed by atoms with van der Waals surface area (Å²) in [4.78, 5) is 61.1. The van der Waals surface area contributed by atoms with Gasteiger partial charge < -0.3 is 26.1 Å². The molecule has 33 heavy (non-hydrogen) atoms. The standard InChI is InChI=1S/C23H28N4O5S/c1-13(2)20(27-22(31)18-10-14-5-3-4-6-17(14)33-18)23(32)25-11-19(29)26-16(12-28)9-15-7-8-24-21(15)30/h3-6,10,12-13,15-16,20H,7-9,11H2,1-2H3,(H,24,30)(H,25,32)(H,26,29)(H,27,31)/t15-,16-,20-/m0/s1. The Hall–Kier alpha value is -3.27. The van der Waals surface area contributed by atoms with Crippen molar-refractivity contribution in [1.29, 1.82) is 0 Å². The summed E-state index contributed by atoms with van der Waals surface area (Å²) in [5.41, 5.74) is 0. The van der Waals surface area contributed by atoms with Crippen molar-refractivity contribution in [2.75, 3.05) is 13.1 Å². The molecule has 1 saturated heterocycles. The number of benzene rings is 1. The number of carbonyl (C=O) groups excluding carboxylic acids is 5. The summed E-state index contributed by atoms with van der Waals surface area (Å²) in [6.07, 6.45) is 1.42. The summed E-state index contributed by atoms with van der Waals surface area (Å²) in [6.45, 7) is 3.81. The molecular formula is C23H28N4O5S. The summed E-state index contributed by atoms with van der Waals surface area (Å²) in [6, 6.07) is 7.77. The van der Waals surface area contributed by atoms with Crippen molar-refractivity contribution < 1.29 is 24.0 Å². The first-order valence-corrected chi connectivity index (χ1v) is 11.7. The second-order valence-electron chi connectivity index (χ2n) is 8.38. The molecule has 1 aliphatic rings. The van der Waals surface area contributed by atoms with Gasteiger partial charge in [-0.15, -0.1) is 11.3 Å². The normalized spacial score (nSPS) is 17.3. The lowest BCUT2D eigenvalue weighted by molar-refractivity contribution is -0.128. The number of thiophene rings is 1. The zero-order valence-electron chi connectivity index (χ0n) is 18.6. The van der Waals surface area contributed by atoms with Crippen molar-refractivity contribution in [3.63, 3.8) is 0 Å². The molecule has 1 aliphatic heterocycles. The molecule has 9 nitrogen and oxygen atoms in total. The number of rotatable bonds is 10. The van der Waals surface area contributed by atoms with Crippen LogP contribution in [-0.2, 0) is 19.2 Å². The van der Waals surface area contributed by atoms with Crippen molar-refractivity contribution >= 4 is 51.3 Å². The van der Waals surface area contributed by atoms with Crippen LogP contribution < -0.4 is 21.3 Å². The second kappa shape index (κ2) is 11.0. The Labute approximate surface area is 195 Å². The van der Waals surface area contributed by atoms with E-state index in [1.54, 1.807) is 19.9 Å². The minimum atomic E-state index is -0.834. The van der Waals surface area contributed by atoms with E-state index in [9.17, 15) is 24.0 Å².